The summed E-state index contributed by atoms with van der Waals surface area (Å²) in [6.45, 7) is 0.817. The molecule has 0 radical (unpaired) electrons. The van der Waals surface area contributed by atoms with Gasteiger partial charge in [-0.2, -0.15) is 14.0 Å². The second-order valence-corrected chi connectivity index (χ2v) is 7.64. The highest BCUT2D eigenvalue weighted by Gasteiger charge is 2.48. The zero-order valence-corrected chi connectivity index (χ0v) is 18.3. The summed E-state index contributed by atoms with van der Waals surface area (Å²) in [6.07, 6.45) is -4.82. The van der Waals surface area contributed by atoms with E-state index in [9.17, 15) is 36.6 Å². The lowest BCUT2D eigenvalue weighted by Crippen LogP contribution is -2.32. The standard InChI is InChI=1S/C21H14ClF5N4O4/c1-9(32)13-3-2-10(18(33)30-13)7-31-8-29-17(21(26,27)20(24)25)16(19(31)34)35-14-5-12(22)4-11(6-28)15(14)23/h2-5,8-9,20,32H,7H2,1H3,(H,30,33)/t9-/m1/s1. The smallest absolute Gasteiger partial charge is 0.352 e. The van der Waals surface area contributed by atoms with Crippen molar-refractivity contribution in [3.05, 3.63) is 84.7 Å². The predicted molar refractivity (Wildman–Crippen MR) is 111 cm³/mol. The molecule has 0 spiro atoms. The maximum absolute atomic E-state index is 14.5. The van der Waals surface area contributed by atoms with Crippen LogP contribution in [0.5, 0.6) is 11.5 Å². The van der Waals surface area contributed by atoms with Crippen LogP contribution in [0.4, 0.5) is 22.0 Å². The van der Waals surface area contributed by atoms with Crippen molar-refractivity contribution in [2.45, 2.75) is 31.9 Å². The number of H-pyrrole nitrogens is 1. The zero-order chi connectivity index (χ0) is 26.1. The fourth-order valence-electron chi connectivity index (χ4n) is 2.92. The predicted octanol–water partition coefficient (Wildman–Crippen LogP) is 3.85. The molecule has 0 saturated carbocycles. The first-order valence-electron chi connectivity index (χ1n) is 9.59. The minimum absolute atomic E-state index is 0.0849. The molecule has 0 unspecified atom stereocenters. The van der Waals surface area contributed by atoms with Gasteiger partial charge in [-0.1, -0.05) is 11.6 Å². The topological polar surface area (TPSA) is 121 Å². The minimum atomic E-state index is -4.98. The van der Waals surface area contributed by atoms with Gasteiger partial charge < -0.3 is 14.8 Å². The molecule has 3 aromatic rings. The summed E-state index contributed by atoms with van der Waals surface area (Å²) >= 11 is 5.76. The second kappa shape index (κ2) is 9.85. The van der Waals surface area contributed by atoms with E-state index in [0.717, 1.165) is 12.1 Å². The molecule has 0 aliphatic carbocycles. The second-order valence-electron chi connectivity index (χ2n) is 7.20. The van der Waals surface area contributed by atoms with Crippen LogP contribution in [0.25, 0.3) is 0 Å². The van der Waals surface area contributed by atoms with Gasteiger partial charge in [0.15, 0.2) is 17.3 Å². The summed E-state index contributed by atoms with van der Waals surface area (Å²) in [4.78, 5) is 30.8. The number of ether oxygens (including phenoxy) is 1. The van der Waals surface area contributed by atoms with Crippen molar-refractivity contribution in [1.29, 1.82) is 5.26 Å². The monoisotopic (exact) mass is 516 g/mol. The van der Waals surface area contributed by atoms with Gasteiger partial charge in [0, 0.05) is 22.3 Å². The quantitative estimate of drug-likeness (QED) is 0.460. The molecule has 3 rings (SSSR count). The third kappa shape index (κ3) is 5.18. The maximum Gasteiger partial charge on any atom is 0.352 e. The van der Waals surface area contributed by atoms with Crippen molar-refractivity contribution in [3.8, 4) is 17.6 Å². The van der Waals surface area contributed by atoms with Crippen molar-refractivity contribution in [2.24, 2.45) is 0 Å². The molecule has 0 bridgehead atoms. The SMILES string of the molecule is C[C@@H](O)c1ccc(Cn2cnc(C(F)(F)C(F)F)c(Oc3cc(Cl)cc(C#N)c3F)c2=O)c(=O)[nH]1. The number of hydrogen-bond acceptors (Lipinski definition) is 6. The summed E-state index contributed by atoms with van der Waals surface area (Å²) in [6, 6.07) is 5.66. The highest BCUT2D eigenvalue weighted by atomic mass is 35.5. The van der Waals surface area contributed by atoms with Crippen molar-refractivity contribution in [2.75, 3.05) is 0 Å². The van der Waals surface area contributed by atoms with Crippen molar-refractivity contribution >= 4 is 11.6 Å². The Morgan fingerprint density at radius 2 is 2.00 bits per heavy atom. The molecule has 1 atom stereocenters. The maximum atomic E-state index is 14.5. The van der Waals surface area contributed by atoms with Gasteiger partial charge in [0.05, 0.1) is 24.5 Å². The largest absolute Gasteiger partial charge is 0.446 e. The molecular weight excluding hydrogens is 503 g/mol. The Morgan fingerprint density at radius 3 is 2.57 bits per heavy atom. The Labute approximate surface area is 197 Å². The van der Waals surface area contributed by atoms with Crippen molar-refractivity contribution in [1.82, 2.24) is 14.5 Å². The number of aliphatic hydroxyl groups excluding tert-OH is 1. The summed E-state index contributed by atoms with van der Waals surface area (Å²) in [5, 5.41) is 18.2. The van der Waals surface area contributed by atoms with E-state index in [1.54, 1.807) is 0 Å². The Bertz CT molecular complexity index is 1430. The van der Waals surface area contributed by atoms with Crippen LogP contribution in [0.3, 0.4) is 0 Å². The van der Waals surface area contributed by atoms with E-state index in [4.69, 9.17) is 21.6 Å². The van der Waals surface area contributed by atoms with E-state index in [1.807, 2.05) is 0 Å². The van der Waals surface area contributed by atoms with Crippen LogP contribution in [0, 0.1) is 17.1 Å². The number of nitrogens with zero attached hydrogens (tertiary/aromatic N) is 3. The molecule has 0 aliphatic heterocycles. The van der Waals surface area contributed by atoms with Gasteiger partial charge in [-0.3, -0.25) is 14.2 Å². The molecule has 2 N–H and O–H groups in total. The van der Waals surface area contributed by atoms with Gasteiger partial charge in [-0.15, -0.1) is 0 Å². The fraction of sp³-hybridized carbons (Fsp3) is 0.238. The first-order chi connectivity index (χ1) is 16.4. The number of rotatable bonds is 7. The number of benzene rings is 1. The molecule has 0 fully saturated rings. The zero-order valence-electron chi connectivity index (χ0n) is 17.5. The molecule has 14 heteroatoms. The molecule has 8 nitrogen and oxygen atoms in total. The molecule has 1 aromatic carbocycles. The molecule has 35 heavy (non-hydrogen) atoms. The Hall–Kier alpha value is -3.76. The van der Waals surface area contributed by atoms with E-state index in [1.165, 1.54) is 25.1 Å². The number of hydrogen-bond donors (Lipinski definition) is 2. The average Bonchev–Trinajstić information content (AvgIpc) is 2.79. The van der Waals surface area contributed by atoms with Crippen LogP contribution in [0.15, 0.2) is 40.2 Å². The normalized spacial score (nSPS) is 12.5. The summed E-state index contributed by atoms with van der Waals surface area (Å²) < 4.78 is 74.6. The number of pyridine rings is 1. The van der Waals surface area contributed by atoms with Crippen LogP contribution in [-0.4, -0.2) is 26.1 Å². The summed E-state index contributed by atoms with van der Waals surface area (Å²) in [5.41, 5.74) is -4.57. The Balaban J connectivity index is 2.17. The van der Waals surface area contributed by atoms with Gasteiger partial charge in [-0.05, 0) is 25.1 Å². The first-order valence-corrected chi connectivity index (χ1v) is 9.97. The average molecular weight is 517 g/mol. The number of aromatic nitrogens is 3. The van der Waals surface area contributed by atoms with Crippen LogP contribution >= 0.6 is 11.6 Å². The highest BCUT2D eigenvalue weighted by molar-refractivity contribution is 6.30. The minimum Gasteiger partial charge on any atom is -0.446 e. The number of alkyl halides is 4. The molecule has 184 valence electrons. The first kappa shape index (κ1) is 25.9. The lowest BCUT2D eigenvalue weighted by Gasteiger charge is -2.19. The van der Waals surface area contributed by atoms with E-state index in [-0.39, 0.29) is 16.3 Å². The molecule has 0 amide bonds. The number of nitrogens with one attached hydrogen (secondary N) is 1. The van der Waals surface area contributed by atoms with E-state index < -0.39 is 64.7 Å². The number of aliphatic hydroxyl groups is 1. The molecular formula is C21H14ClF5N4O4. The Kier molecular flexibility index (Phi) is 7.27. The number of halogens is 6. The number of nitriles is 1. The third-order valence-electron chi connectivity index (χ3n) is 4.73. The van der Waals surface area contributed by atoms with Gasteiger partial charge in [0.2, 0.25) is 5.75 Å². The van der Waals surface area contributed by atoms with Crippen LogP contribution in [0.2, 0.25) is 5.02 Å². The Morgan fingerprint density at radius 1 is 1.31 bits per heavy atom. The summed E-state index contributed by atoms with van der Waals surface area (Å²) in [5.74, 6) is -8.78. The van der Waals surface area contributed by atoms with Crippen LogP contribution in [0.1, 0.15) is 35.5 Å². The van der Waals surface area contributed by atoms with Gasteiger partial charge in [0.1, 0.15) is 6.07 Å². The van der Waals surface area contributed by atoms with E-state index in [2.05, 4.69) is 9.97 Å². The third-order valence-corrected chi connectivity index (χ3v) is 4.95. The highest BCUT2D eigenvalue weighted by Crippen LogP contribution is 2.39. The fourth-order valence-corrected chi connectivity index (χ4v) is 3.12. The molecule has 0 aliphatic rings. The molecule has 2 aromatic heterocycles. The molecule has 2 heterocycles. The molecule has 0 saturated heterocycles. The van der Waals surface area contributed by atoms with Crippen LogP contribution in [-0.2, 0) is 12.5 Å². The van der Waals surface area contributed by atoms with Gasteiger partial charge in [-0.25, -0.2) is 18.2 Å². The van der Waals surface area contributed by atoms with E-state index in [0.29, 0.717) is 10.9 Å². The number of aromatic amines is 1. The van der Waals surface area contributed by atoms with Gasteiger partial charge in [0.25, 0.3) is 11.1 Å². The van der Waals surface area contributed by atoms with Crippen molar-refractivity contribution in [3.63, 3.8) is 0 Å². The van der Waals surface area contributed by atoms with Gasteiger partial charge >= 0.3 is 12.3 Å². The van der Waals surface area contributed by atoms with Crippen LogP contribution < -0.4 is 15.9 Å². The lowest BCUT2D eigenvalue weighted by molar-refractivity contribution is -0.139. The van der Waals surface area contributed by atoms with E-state index >= 15 is 0 Å². The lowest BCUT2D eigenvalue weighted by atomic mass is 10.2. The summed E-state index contributed by atoms with van der Waals surface area (Å²) in [7, 11) is 0. The van der Waals surface area contributed by atoms with Crippen molar-refractivity contribution < 1.29 is 31.8 Å².